The first-order valence-electron chi connectivity index (χ1n) is 10.1. The van der Waals surface area contributed by atoms with Crippen molar-refractivity contribution in [3.05, 3.63) is 0 Å². The first-order valence-corrected chi connectivity index (χ1v) is 10.1. The van der Waals surface area contributed by atoms with Crippen LogP contribution in [0.2, 0.25) is 0 Å². The van der Waals surface area contributed by atoms with Crippen molar-refractivity contribution in [2.24, 2.45) is 5.92 Å². The zero-order valence-corrected chi connectivity index (χ0v) is 19.6. The van der Waals surface area contributed by atoms with Crippen LogP contribution in [0, 0.1) is 5.92 Å². The van der Waals surface area contributed by atoms with Crippen molar-refractivity contribution in [2.45, 2.75) is 57.8 Å². The second kappa shape index (κ2) is 15.9. The number of ether oxygens (including phenoxy) is 2. The van der Waals surface area contributed by atoms with Gasteiger partial charge in [0.05, 0.1) is 40.1 Å². The molecule has 0 unspecified atom stereocenters. The predicted molar refractivity (Wildman–Crippen MR) is 109 cm³/mol. The molecule has 3 atom stereocenters. The molecule has 4 N–H and O–H groups in total. The third-order valence-electron chi connectivity index (χ3n) is 3.61. The molecule has 0 fully saturated rings. The van der Waals surface area contributed by atoms with Gasteiger partial charge in [0.15, 0.2) is 12.2 Å². The fourth-order valence-corrected chi connectivity index (χ4v) is 2.24. The van der Waals surface area contributed by atoms with Crippen LogP contribution in [0.5, 0.6) is 0 Å². The van der Waals surface area contributed by atoms with E-state index in [-0.39, 0.29) is 37.8 Å². The van der Waals surface area contributed by atoms with Gasteiger partial charge in [-0.2, -0.15) is 0 Å². The normalized spacial score (nSPS) is 13.7. The Morgan fingerprint density at radius 2 is 1.45 bits per heavy atom. The lowest BCUT2D eigenvalue weighted by Crippen LogP contribution is -2.46. The summed E-state index contributed by atoms with van der Waals surface area (Å²) in [6.07, 6.45) is -4.74. The van der Waals surface area contributed by atoms with Crippen molar-refractivity contribution >= 4 is 29.8 Å². The van der Waals surface area contributed by atoms with E-state index >= 15 is 0 Å². The Morgan fingerprint density at radius 3 is 1.82 bits per heavy atom. The molecule has 13 heteroatoms. The van der Waals surface area contributed by atoms with Crippen LogP contribution in [0.4, 0.5) is 0 Å². The van der Waals surface area contributed by atoms with Crippen LogP contribution >= 0.6 is 0 Å². The number of nitrogens with zero attached hydrogens (tertiary/aromatic N) is 1. The van der Waals surface area contributed by atoms with Crippen molar-refractivity contribution in [1.82, 2.24) is 0 Å². The quantitative estimate of drug-likeness (QED) is 0.121. The Hall–Kier alpha value is -2.77. The Bertz CT molecular complexity index is 638. The number of rotatable bonds is 14. The highest BCUT2D eigenvalue weighted by Crippen LogP contribution is 2.10. The molecular weight excluding hydrogens is 446 g/mol. The molecule has 0 saturated heterocycles. The van der Waals surface area contributed by atoms with Gasteiger partial charge < -0.3 is 44.3 Å². The van der Waals surface area contributed by atoms with Gasteiger partial charge in [0.25, 0.3) is 0 Å². The van der Waals surface area contributed by atoms with Crippen LogP contribution < -0.4 is 5.11 Å². The summed E-state index contributed by atoms with van der Waals surface area (Å²) in [4.78, 5) is 53.4. The number of aliphatic hydroxyl groups excluding tert-OH is 2. The van der Waals surface area contributed by atoms with Crippen molar-refractivity contribution < 1.29 is 63.5 Å². The predicted octanol–water partition coefficient (Wildman–Crippen LogP) is -2.01. The zero-order chi connectivity index (χ0) is 26.4. The van der Waals surface area contributed by atoms with Crippen molar-refractivity contribution in [2.75, 3.05) is 34.3 Å². The van der Waals surface area contributed by atoms with Gasteiger partial charge in [-0.3, -0.25) is 14.4 Å². The summed E-state index contributed by atoms with van der Waals surface area (Å²) >= 11 is 0. The van der Waals surface area contributed by atoms with E-state index in [0.717, 1.165) is 0 Å². The van der Waals surface area contributed by atoms with E-state index in [1.54, 1.807) is 0 Å². The van der Waals surface area contributed by atoms with Gasteiger partial charge in [-0.15, -0.1) is 0 Å². The minimum atomic E-state index is -2.38. The van der Waals surface area contributed by atoms with Crippen molar-refractivity contribution in [1.29, 1.82) is 0 Å². The maximum atomic E-state index is 11.8. The van der Waals surface area contributed by atoms with Gasteiger partial charge in [0.2, 0.25) is 0 Å². The molecule has 0 bridgehead atoms. The van der Waals surface area contributed by atoms with E-state index in [1.165, 1.54) is 0 Å². The number of hydrogen-bond donors (Lipinski definition) is 4. The van der Waals surface area contributed by atoms with Gasteiger partial charge in [-0.1, -0.05) is 13.8 Å². The molecule has 0 aromatic heterocycles. The number of quaternary nitrogens is 1. The van der Waals surface area contributed by atoms with Crippen molar-refractivity contribution in [3.63, 3.8) is 0 Å². The third kappa shape index (κ3) is 19.6. The molecule has 0 aliphatic rings. The first-order chi connectivity index (χ1) is 15.0. The molecule has 0 spiro atoms. The summed E-state index contributed by atoms with van der Waals surface area (Å²) in [6, 6.07) is 0. The second-order valence-corrected chi connectivity index (χ2v) is 8.65. The van der Waals surface area contributed by atoms with Gasteiger partial charge >= 0.3 is 23.9 Å². The molecule has 13 nitrogen and oxygen atoms in total. The van der Waals surface area contributed by atoms with Gasteiger partial charge in [0, 0.05) is 12.8 Å². The summed E-state index contributed by atoms with van der Waals surface area (Å²) in [6.45, 7) is 4.40. The van der Waals surface area contributed by atoms with Crippen LogP contribution in [-0.4, -0.2) is 107 Å². The smallest absolute Gasteiger partial charge is 0.335 e. The number of carboxylic acids is 3. The summed E-state index contributed by atoms with van der Waals surface area (Å²) in [5.74, 6) is -5.36. The fraction of sp³-hybridized carbons (Fsp3) is 0.750. The van der Waals surface area contributed by atoms with E-state index in [4.69, 9.17) is 29.9 Å². The largest absolute Gasteiger partial charge is 0.547 e. The lowest BCUT2D eigenvalue weighted by molar-refractivity contribution is -0.873. The van der Waals surface area contributed by atoms with Crippen LogP contribution in [0.3, 0.4) is 0 Å². The first kappa shape index (κ1) is 32.4. The highest BCUT2D eigenvalue weighted by Gasteiger charge is 2.26. The number of aliphatic carboxylic acids is 3. The maximum Gasteiger partial charge on any atom is 0.335 e. The van der Waals surface area contributed by atoms with E-state index in [2.05, 4.69) is 0 Å². The minimum Gasteiger partial charge on any atom is -0.547 e. The zero-order valence-electron chi connectivity index (χ0n) is 19.6. The number of carbonyl (C=O) groups excluding carboxylic acids is 3. The average molecular weight is 481 g/mol. The van der Waals surface area contributed by atoms with Crippen LogP contribution in [0.1, 0.15) is 39.5 Å². The minimum absolute atomic E-state index is 0.0214. The maximum absolute atomic E-state index is 11.8. The molecular formula is C20H35NO12. The SMILES string of the molecule is CC(C)CC(=O)O[C@H](CC(=O)OCCCC(=O)O)C[N+](C)(C)C.O=C([O-])[C@H](O)[C@@H](O)C(=O)O. The van der Waals surface area contributed by atoms with Crippen LogP contribution in [0.15, 0.2) is 0 Å². The molecule has 0 aliphatic carbocycles. The molecule has 0 aromatic rings. The molecule has 0 saturated carbocycles. The van der Waals surface area contributed by atoms with E-state index in [0.29, 0.717) is 17.4 Å². The summed E-state index contributed by atoms with van der Waals surface area (Å²) < 4.78 is 11.0. The highest BCUT2D eigenvalue weighted by molar-refractivity contribution is 5.82. The topological polar surface area (TPSA) is 208 Å². The van der Waals surface area contributed by atoms with Crippen LogP contribution in [0.25, 0.3) is 0 Å². The Morgan fingerprint density at radius 1 is 0.909 bits per heavy atom. The molecule has 0 aromatic carbocycles. The second-order valence-electron chi connectivity index (χ2n) is 8.65. The number of carbonyl (C=O) groups is 5. The third-order valence-corrected chi connectivity index (χ3v) is 3.61. The summed E-state index contributed by atoms with van der Waals surface area (Å²) in [5.41, 5.74) is 0. The van der Waals surface area contributed by atoms with E-state index in [1.807, 2.05) is 35.0 Å². The molecule has 0 radical (unpaired) electrons. The van der Waals surface area contributed by atoms with Crippen molar-refractivity contribution in [3.8, 4) is 0 Å². The van der Waals surface area contributed by atoms with Crippen LogP contribution in [-0.2, 0) is 33.4 Å². The summed E-state index contributed by atoms with van der Waals surface area (Å²) in [5, 5.41) is 42.7. The number of esters is 2. The molecule has 0 heterocycles. The van der Waals surface area contributed by atoms with Gasteiger partial charge in [0.1, 0.15) is 12.6 Å². The lowest BCUT2D eigenvalue weighted by Gasteiger charge is -2.28. The van der Waals surface area contributed by atoms with Gasteiger partial charge in [-0.25, -0.2) is 4.79 Å². The Balaban J connectivity index is 0. The molecule has 0 rings (SSSR count). The molecule has 33 heavy (non-hydrogen) atoms. The highest BCUT2D eigenvalue weighted by atomic mass is 16.6. The average Bonchev–Trinajstić information content (AvgIpc) is 2.61. The molecule has 0 aliphatic heterocycles. The number of carboxylic acid groups (broad SMARTS) is 3. The van der Waals surface area contributed by atoms with E-state index < -0.39 is 42.2 Å². The Kier molecular flexibility index (Phi) is 15.7. The lowest BCUT2D eigenvalue weighted by atomic mass is 10.1. The fourth-order valence-electron chi connectivity index (χ4n) is 2.24. The summed E-state index contributed by atoms with van der Waals surface area (Å²) in [7, 11) is 5.84. The Labute approximate surface area is 192 Å². The number of hydrogen-bond acceptors (Lipinski definition) is 10. The standard InChI is InChI=1S/C16H29NO6.C4H6O6/c1-12(2)9-16(21)23-13(11-17(3,4)5)10-15(20)22-8-6-7-14(18)19;5-1(3(7)8)2(6)4(9)10/h12-13H,6-11H2,1-5H3;1-2,5-6H,(H,7,8)(H,9,10)/t13-;1-,2-/m11/s1. The number of likely N-dealkylation sites (N-methyl/N-ethyl adjacent to an activating group) is 1. The monoisotopic (exact) mass is 481 g/mol. The van der Waals surface area contributed by atoms with E-state index in [9.17, 15) is 29.1 Å². The molecule has 0 amide bonds. The molecule has 192 valence electrons. The van der Waals surface area contributed by atoms with Gasteiger partial charge in [-0.05, 0) is 12.3 Å². The number of aliphatic hydroxyl groups is 2.